The molecule has 0 aliphatic carbocycles. The Hall–Kier alpha value is -3.01. The van der Waals surface area contributed by atoms with Crippen molar-refractivity contribution in [1.82, 2.24) is 9.59 Å². The zero-order valence-electron chi connectivity index (χ0n) is 10.2. The van der Waals surface area contributed by atoms with E-state index in [2.05, 4.69) is 20.2 Å². The number of carbonyl (C=O) groups excluding carboxylic acids is 1. The molecule has 2 amide bonds. The minimum absolute atomic E-state index is 0.0438. The molecule has 21 heavy (non-hydrogen) atoms. The summed E-state index contributed by atoms with van der Waals surface area (Å²) < 4.78 is 3.55. The van der Waals surface area contributed by atoms with Crippen LogP contribution in [0.1, 0.15) is 20.7 Å². The summed E-state index contributed by atoms with van der Waals surface area (Å²) in [6.45, 7) is 0. The van der Waals surface area contributed by atoms with E-state index in [1.807, 2.05) is 0 Å². The van der Waals surface area contributed by atoms with Crippen molar-refractivity contribution in [3.05, 3.63) is 35.5 Å². The number of carboxylic acids is 2. The highest BCUT2D eigenvalue weighted by molar-refractivity contribution is 7.10. The second-order valence-electron chi connectivity index (χ2n) is 3.77. The Morgan fingerprint density at radius 2 is 1.62 bits per heavy atom. The number of hydrogen-bond donors (Lipinski definition) is 4. The minimum atomic E-state index is -1.30. The summed E-state index contributed by atoms with van der Waals surface area (Å²) in [6.07, 6.45) is 1.33. The van der Waals surface area contributed by atoms with Gasteiger partial charge in [-0.1, -0.05) is 4.49 Å². The summed E-state index contributed by atoms with van der Waals surface area (Å²) in [5.41, 5.74) is -0.448. The molecule has 0 unspecified atom stereocenters. The normalized spacial score (nSPS) is 9.90. The van der Waals surface area contributed by atoms with E-state index in [0.717, 1.165) is 29.7 Å². The Morgan fingerprint density at radius 1 is 1.00 bits per heavy atom. The van der Waals surface area contributed by atoms with Crippen molar-refractivity contribution in [2.45, 2.75) is 0 Å². The van der Waals surface area contributed by atoms with Crippen LogP contribution in [0.5, 0.6) is 0 Å². The molecule has 0 aliphatic heterocycles. The van der Waals surface area contributed by atoms with E-state index in [-0.39, 0.29) is 16.8 Å². The smallest absolute Gasteiger partial charge is 0.335 e. The molecule has 1 heterocycles. The van der Waals surface area contributed by atoms with E-state index in [0.29, 0.717) is 5.00 Å². The Kier molecular flexibility index (Phi) is 4.09. The molecule has 0 aliphatic rings. The number of anilines is 2. The lowest BCUT2D eigenvalue weighted by atomic mass is 10.1. The predicted molar refractivity (Wildman–Crippen MR) is 72.9 cm³/mol. The SMILES string of the molecule is O=C(Nc1cc(C(=O)O)cc(C(=O)O)c1)Nc1cnns1. The number of carboxylic acid groups (broad SMARTS) is 2. The van der Waals surface area contributed by atoms with Crippen LogP contribution in [0.2, 0.25) is 0 Å². The number of aromatic nitrogens is 2. The molecular weight excluding hydrogens is 300 g/mol. The molecule has 2 rings (SSSR count). The zero-order valence-corrected chi connectivity index (χ0v) is 11.0. The maximum Gasteiger partial charge on any atom is 0.335 e. The first-order chi connectivity index (χ1) is 9.95. The first-order valence-corrected chi connectivity index (χ1v) is 6.20. The molecule has 0 saturated carbocycles. The van der Waals surface area contributed by atoms with Gasteiger partial charge in [0.1, 0.15) is 5.00 Å². The van der Waals surface area contributed by atoms with E-state index in [1.54, 1.807) is 0 Å². The monoisotopic (exact) mass is 308 g/mol. The Morgan fingerprint density at radius 3 is 2.10 bits per heavy atom. The standard InChI is InChI=1S/C11H8N4O5S/c16-9(17)5-1-6(10(18)19)3-7(2-5)13-11(20)14-8-4-12-15-21-8/h1-4H,(H,16,17)(H,18,19)(H2,13,14,20). The van der Waals surface area contributed by atoms with Crippen LogP contribution in [0.15, 0.2) is 24.4 Å². The first-order valence-electron chi connectivity index (χ1n) is 5.43. The predicted octanol–water partition coefficient (Wildman–Crippen LogP) is 1.58. The summed E-state index contributed by atoms with van der Waals surface area (Å²) in [5, 5.41) is 26.5. The summed E-state index contributed by atoms with van der Waals surface area (Å²) >= 11 is 0.957. The van der Waals surface area contributed by atoms with Gasteiger partial charge in [-0.05, 0) is 18.2 Å². The van der Waals surface area contributed by atoms with Gasteiger partial charge in [0.15, 0.2) is 0 Å². The maximum atomic E-state index is 11.7. The van der Waals surface area contributed by atoms with Crippen molar-refractivity contribution >= 4 is 40.2 Å². The number of aromatic carboxylic acids is 2. The number of nitrogens with zero attached hydrogens (tertiary/aromatic N) is 2. The second-order valence-corrected chi connectivity index (χ2v) is 4.56. The molecule has 4 N–H and O–H groups in total. The summed E-state index contributed by atoms with van der Waals surface area (Å²) in [4.78, 5) is 33.5. The van der Waals surface area contributed by atoms with Gasteiger partial charge >= 0.3 is 18.0 Å². The van der Waals surface area contributed by atoms with Crippen LogP contribution in [0.25, 0.3) is 0 Å². The average Bonchev–Trinajstić information content (AvgIpc) is 2.90. The number of benzene rings is 1. The van der Waals surface area contributed by atoms with E-state index in [4.69, 9.17) is 10.2 Å². The van der Waals surface area contributed by atoms with Gasteiger partial charge in [-0.25, -0.2) is 14.4 Å². The van der Waals surface area contributed by atoms with Gasteiger partial charge in [-0.2, -0.15) is 0 Å². The molecule has 0 atom stereocenters. The third-order valence-electron chi connectivity index (χ3n) is 2.28. The van der Waals surface area contributed by atoms with Gasteiger partial charge in [0, 0.05) is 17.2 Å². The number of carbonyl (C=O) groups is 3. The topological polar surface area (TPSA) is 142 Å². The Labute approximate surface area is 121 Å². The van der Waals surface area contributed by atoms with Crippen molar-refractivity contribution in [2.75, 3.05) is 10.6 Å². The number of amides is 2. The van der Waals surface area contributed by atoms with E-state index in [1.165, 1.54) is 6.20 Å². The van der Waals surface area contributed by atoms with Crippen molar-refractivity contribution < 1.29 is 24.6 Å². The van der Waals surface area contributed by atoms with Crippen LogP contribution >= 0.6 is 11.5 Å². The number of hydrogen-bond acceptors (Lipinski definition) is 6. The molecule has 2 aromatic rings. The fourth-order valence-corrected chi connectivity index (χ4v) is 1.86. The highest BCUT2D eigenvalue weighted by atomic mass is 32.1. The van der Waals surface area contributed by atoms with Gasteiger partial charge in [-0.3, -0.25) is 5.32 Å². The van der Waals surface area contributed by atoms with Crippen LogP contribution in [0, 0.1) is 0 Å². The molecule has 0 bridgehead atoms. The fraction of sp³-hybridized carbons (Fsp3) is 0. The van der Waals surface area contributed by atoms with Gasteiger partial charge < -0.3 is 15.5 Å². The molecule has 1 aromatic heterocycles. The highest BCUT2D eigenvalue weighted by Gasteiger charge is 2.13. The lowest BCUT2D eigenvalue weighted by Gasteiger charge is -2.07. The van der Waals surface area contributed by atoms with Gasteiger partial charge in [0.25, 0.3) is 0 Å². The molecule has 1 aromatic carbocycles. The van der Waals surface area contributed by atoms with Gasteiger partial charge in [0.2, 0.25) is 0 Å². The lowest BCUT2D eigenvalue weighted by molar-refractivity contribution is 0.0696. The quantitative estimate of drug-likeness (QED) is 0.671. The number of rotatable bonds is 4. The minimum Gasteiger partial charge on any atom is -0.478 e. The van der Waals surface area contributed by atoms with Crippen LogP contribution in [0.3, 0.4) is 0 Å². The maximum absolute atomic E-state index is 11.7. The Bertz CT molecular complexity index is 668. The van der Waals surface area contributed by atoms with Crippen molar-refractivity contribution in [3.63, 3.8) is 0 Å². The zero-order chi connectivity index (χ0) is 15.4. The summed E-state index contributed by atoms with van der Waals surface area (Å²) in [7, 11) is 0. The summed E-state index contributed by atoms with van der Waals surface area (Å²) in [6, 6.07) is 2.64. The molecule has 10 heteroatoms. The first kappa shape index (κ1) is 14.4. The second kappa shape index (κ2) is 5.96. The van der Waals surface area contributed by atoms with Crippen molar-refractivity contribution in [3.8, 4) is 0 Å². The third kappa shape index (κ3) is 3.73. The molecule has 0 radical (unpaired) electrons. The molecule has 0 saturated heterocycles. The fourth-order valence-electron chi connectivity index (χ4n) is 1.44. The van der Waals surface area contributed by atoms with E-state index < -0.39 is 18.0 Å². The third-order valence-corrected chi connectivity index (χ3v) is 2.86. The van der Waals surface area contributed by atoms with E-state index >= 15 is 0 Å². The van der Waals surface area contributed by atoms with Crippen LogP contribution < -0.4 is 10.6 Å². The molecule has 0 fully saturated rings. The molecular formula is C11H8N4O5S. The summed E-state index contributed by atoms with van der Waals surface area (Å²) in [5.74, 6) is -2.60. The average molecular weight is 308 g/mol. The lowest BCUT2D eigenvalue weighted by Crippen LogP contribution is -2.19. The van der Waals surface area contributed by atoms with E-state index in [9.17, 15) is 14.4 Å². The molecule has 9 nitrogen and oxygen atoms in total. The molecule has 0 spiro atoms. The Balaban J connectivity index is 2.20. The number of nitrogens with one attached hydrogen (secondary N) is 2. The number of urea groups is 1. The van der Waals surface area contributed by atoms with Crippen molar-refractivity contribution in [1.29, 1.82) is 0 Å². The van der Waals surface area contributed by atoms with Crippen LogP contribution in [-0.2, 0) is 0 Å². The molecule has 108 valence electrons. The van der Waals surface area contributed by atoms with Crippen LogP contribution in [-0.4, -0.2) is 37.8 Å². The van der Waals surface area contributed by atoms with Crippen LogP contribution in [0.4, 0.5) is 15.5 Å². The largest absolute Gasteiger partial charge is 0.478 e. The van der Waals surface area contributed by atoms with Gasteiger partial charge in [-0.15, -0.1) is 5.10 Å². The van der Waals surface area contributed by atoms with Gasteiger partial charge in [0.05, 0.1) is 17.3 Å². The van der Waals surface area contributed by atoms with Crippen molar-refractivity contribution in [2.24, 2.45) is 0 Å². The highest BCUT2D eigenvalue weighted by Crippen LogP contribution is 2.16.